The molecule has 1 unspecified atom stereocenters. The van der Waals surface area contributed by atoms with Crippen molar-refractivity contribution in [2.75, 3.05) is 25.5 Å². The molecular formula is C13H16FN3. The Hall–Kier alpha value is -1.60. The van der Waals surface area contributed by atoms with E-state index in [1.54, 1.807) is 12.1 Å². The molecule has 0 aromatic heterocycles. The fourth-order valence-corrected chi connectivity index (χ4v) is 2.30. The van der Waals surface area contributed by atoms with Gasteiger partial charge in [0.25, 0.3) is 0 Å². The van der Waals surface area contributed by atoms with Crippen LogP contribution in [0.15, 0.2) is 24.3 Å². The predicted octanol–water partition coefficient (Wildman–Crippen LogP) is 2.23. The van der Waals surface area contributed by atoms with Crippen LogP contribution in [0.1, 0.15) is 12.8 Å². The lowest BCUT2D eigenvalue weighted by atomic mass is 9.90. The number of likely N-dealkylation sites (N-methyl/N-ethyl adjacent to an activating group) is 1. The molecule has 0 radical (unpaired) electrons. The molecule has 1 N–H and O–H groups in total. The van der Waals surface area contributed by atoms with E-state index in [1.807, 2.05) is 7.05 Å². The van der Waals surface area contributed by atoms with E-state index in [0.29, 0.717) is 6.54 Å². The normalized spacial score (nSPS) is 25.2. The third-order valence-corrected chi connectivity index (χ3v) is 3.13. The molecule has 0 saturated carbocycles. The molecule has 4 heteroatoms. The first kappa shape index (κ1) is 11.9. The third-order valence-electron chi connectivity index (χ3n) is 3.13. The molecule has 1 aliphatic heterocycles. The summed E-state index contributed by atoms with van der Waals surface area (Å²) in [5.74, 6) is -0.262. The fourth-order valence-electron chi connectivity index (χ4n) is 2.30. The topological polar surface area (TPSA) is 39.1 Å². The van der Waals surface area contributed by atoms with Gasteiger partial charge in [-0.3, -0.25) is 0 Å². The molecule has 1 aromatic rings. The van der Waals surface area contributed by atoms with Crippen molar-refractivity contribution in [3.05, 3.63) is 30.1 Å². The van der Waals surface area contributed by atoms with Gasteiger partial charge in [0.2, 0.25) is 0 Å². The first-order chi connectivity index (χ1) is 8.13. The second kappa shape index (κ2) is 4.72. The molecule has 0 bridgehead atoms. The number of nitrogens with one attached hydrogen (secondary N) is 1. The van der Waals surface area contributed by atoms with Crippen molar-refractivity contribution in [2.24, 2.45) is 0 Å². The van der Waals surface area contributed by atoms with Crippen molar-refractivity contribution in [3.63, 3.8) is 0 Å². The van der Waals surface area contributed by atoms with Crippen LogP contribution in [-0.2, 0) is 0 Å². The third kappa shape index (κ3) is 2.75. The van der Waals surface area contributed by atoms with Crippen molar-refractivity contribution >= 4 is 5.69 Å². The number of anilines is 1. The summed E-state index contributed by atoms with van der Waals surface area (Å²) in [6, 6.07) is 8.51. The monoisotopic (exact) mass is 233 g/mol. The van der Waals surface area contributed by atoms with Crippen LogP contribution in [0, 0.1) is 17.1 Å². The molecule has 0 aliphatic carbocycles. The molecule has 1 aromatic carbocycles. The Morgan fingerprint density at radius 2 is 2.12 bits per heavy atom. The number of nitrogens with zero attached hydrogens (tertiary/aromatic N) is 2. The standard InChI is InChI=1S/C13H16FN3/c1-17-8-2-7-13(9-15,10-17)16-12-5-3-11(14)4-6-12/h3-6,16H,2,7-8,10H2,1H3. The smallest absolute Gasteiger partial charge is 0.138 e. The predicted molar refractivity (Wildman–Crippen MR) is 65.1 cm³/mol. The number of rotatable bonds is 2. The minimum atomic E-state index is -0.551. The van der Waals surface area contributed by atoms with Crippen molar-refractivity contribution in [1.29, 1.82) is 5.26 Å². The first-order valence-electron chi connectivity index (χ1n) is 5.77. The second-order valence-corrected chi connectivity index (χ2v) is 4.67. The summed E-state index contributed by atoms with van der Waals surface area (Å²) in [6.07, 6.45) is 1.82. The van der Waals surface area contributed by atoms with Crippen LogP contribution in [0.4, 0.5) is 10.1 Å². The lowest BCUT2D eigenvalue weighted by molar-refractivity contribution is 0.227. The Kier molecular flexibility index (Phi) is 3.30. The Morgan fingerprint density at radius 1 is 1.41 bits per heavy atom. The van der Waals surface area contributed by atoms with E-state index in [9.17, 15) is 9.65 Å². The van der Waals surface area contributed by atoms with E-state index in [2.05, 4.69) is 16.3 Å². The van der Waals surface area contributed by atoms with Gasteiger partial charge < -0.3 is 10.2 Å². The highest BCUT2D eigenvalue weighted by Gasteiger charge is 2.34. The lowest BCUT2D eigenvalue weighted by Crippen LogP contribution is -2.50. The molecule has 3 nitrogen and oxygen atoms in total. The molecule has 1 atom stereocenters. The van der Waals surface area contributed by atoms with Gasteiger partial charge in [-0.15, -0.1) is 0 Å². The Morgan fingerprint density at radius 3 is 2.71 bits per heavy atom. The van der Waals surface area contributed by atoms with Crippen LogP contribution < -0.4 is 5.32 Å². The van der Waals surface area contributed by atoms with E-state index in [1.165, 1.54) is 12.1 Å². The minimum absolute atomic E-state index is 0.262. The maximum atomic E-state index is 12.8. The number of piperidine rings is 1. The van der Waals surface area contributed by atoms with Gasteiger partial charge in [-0.2, -0.15) is 5.26 Å². The zero-order valence-electron chi connectivity index (χ0n) is 9.91. The number of halogens is 1. The van der Waals surface area contributed by atoms with Crippen LogP contribution in [0.2, 0.25) is 0 Å². The summed E-state index contributed by atoms with van der Waals surface area (Å²) >= 11 is 0. The summed E-state index contributed by atoms with van der Waals surface area (Å²) in [5.41, 5.74) is 0.244. The van der Waals surface area contributed by atoms with E-state index < -0.39 is 5.54 Å². The molecule has 1 aliphatic rings. The zero-order chi connectivity index (χ0) is 12.3. The summed E-state index contributed by atoms with van der Waals surface area (Å²) in [6.45, 7) is 1.72. The number of benzene rings is 1. The van der Waals surface area contributed by atoms with Crippen molar-refractivity contribution < 1.29 is 4.39 Å². The van der Waals surface area contributed by atoms with E-state index in [4.69, 9.17) is 0 Å². The highest BCUT2D eigenvalue weighted by atomic mass is 19.1. The molecule has 1 fully saturated rings. The average molecular weight is 233 g/mol. The lowest BCUT2D eigenvalue weighted by Gasteiger charge is -2.37. The highest BCUT2D eigenvalue weighted by Crippen LogP contribution is 2.24. The van der Waals surface area contributed by atoms with Crippen LogP contribution in [0.5, 0.6) is 0 Å². The van der Waals surface area contributed by atoms with Gasteiger partial charge >= 0.3 is 0 Å². The molecule has 0 spiro atoms. The quantitative estimate of drug-likeness (QED) is 0.851. The van der Waals surface area contributed by atoms with Crippen LogP contribution >= 0.6 is 0 Å². The highest BCUT2D eigenvalue weighted by molar-refractivity contribution is 5.48. The molecular weight excluding hydrogens is 217 g/mol. The number of likely N-dealkylation sites (tertiary alicyclic amines) is 1. The summed E-state index contributed by atoms with van der Waals surface area (Å²) in [5, 5.41) is 12.6. The maximum Gasteiger partial charge on any atom is 0.138 e. The summed E-state index contributed by atoms with van der Waals surface area (Å²) in [7, 11) is 2.01. The van der Waals surface area contributed by atoms with Crippen molar-refractivity contribution in [2.45, 2.75) is 18.4 Å². The average Bonchev–Trinajstić information content (AvgIpc) is 2.32. The summed E-state index contributed by atoms with van der Waals surface area (Å²) < 4.78 is 12.8. The van der Waals surface area contributed by atoms with Gasteiger partial charge in [0, 0.05) is 12.2 Å². The number of nitriles is 1. The SMILES string of the molecule is CN1CCCC(C#N)(Nc2ccc(F)cc2)C1. The maximum absolute atomic E-state index is 12.8. The van der Waals surface area contributed by atoms with E-state index in [0.717, 1.165) is 25.1 Å². The van der Waals surface area contributed by atoms with Gasteiger partial charge in [0.05, 0.1) is 6.07 Å². The van der Waals surface area contributed by atoms with Crippen LogP contribution in [0.3, 0.4) is 0 Å². The Bertz CT molecular complexity index is 423. The molecule has 0 amide bonds. The Labute approximate surface area is 101 Å². The van der Waals surface area contributed by atoms with Crippen molar-refractivity contribution in [3.8, 4) is 6.07 Å². The molecule has 17 heavy (non-hydrogen) atoms. The second-order valence-electron chi connectivity index (χ2n) is 4.67. The van der Waals surface area contributed by atoms with E-state index >= 15 is 0 Å². The zero-order valence-corrected chi connectivity index (χ0v) is 9.91. The largest absolute Gasteiger partial charge is 0.366 e. The van der Waals surface area contributed by atoms with Gasteiger partial charge in [-0.05, 0) is 50.7 Å². The van der Waals surface area contributed by atoms with Gasteiger partial charge in [-0.1, -0.05) is 0 Å². The number of hydrogen-bond donors (Lipinski definition) is 1. The molecule has 2 rings (SSSR count). The number of hydrogen-bond acceptors (Lipinski definition) is 3. The fraction of sp³-hybridized carbons (Fsp3) is 0.462. The Balaban J connectivity index is 2.14. The van der Waals surface area contributed by atoms with Crippen LogP contribution in [0.25, 0.3) is 0 Å². The van der Waals surface area contributed by atoms with Crippen LogP contribution in [-0.4, -0.2) is 30.6 Å². The molecule has 1 saturated heterocycles. The molecule has 90 valence electrons. The summed E-state index contributed by atoms with van der Waals surface area (Å²) in [4.78, 5) is 2.14. The van der Waals surface area contributed by atoms with Gasteiger partial charge in [0.15, 0.2) is 0 Å². The minimum Gasteiger partial charge on any atom is -0.366 e. The van der Waals surface area contributed by atoms with Crippen molar-refractivity contribution in [1.82, 2.24) is 4.90 Å². The van der Waals surface area contributed by atoms with E-state index in [-0.39, 0.29) is 5.82 Å². The first-order valence-corrected chi connectivity index (χ1v) is 5.77. The van der Waals surface area contributed by atoms with Gasteiger partial charge in [0.1, 0.15) is 11.4 Å². The molecule has 1 heterocycles. The van der Waals surface area contributed by atoms with Gasteiger partial charge in [-0.25, -0.2) is 4.39 Å².